The summed E-state index contributed by atoms with van der Waals surface area (Å²) in [5, 5.41) is 14.7. The van der Waals surface area contributed by atoms with Crippen LogP contribution in [0.25, 0.3) is 0 Å². The third-order valence-electron chi connectivity index (χ3n) is 3.04. The first kappa shape index (κ1) is 17.3. The smallest absolute Gasteiger partial charge is 0.243 e. The summed E-state index contributed by atoms with van der Waals surface area (Å²) in [4.78, 5) is 0. The number of nitrogens with one attached hydrogen (secondary N) is 1. The van der Waals surface area contributed by atoms with Gasteiger partial charge in [0.05, 0.1) is 20.3 Å². The molecule has 124 valence electrons. The summed E-state index contributed by atoms with van der Waals surface area (Å²) in [6.07, 6.45) is 2.66. The van der Waals surface area contributed by atoms with Gasteiger partial charge >= 0.3 is 0 Å². The van der Waals surface area contributed by atoms with E-state index in [1.807, 2.05) is 12.1 Å². The highest BCUT2D eigenvalue weighted by Crippen LogP contribution is 2.35. The van der Waals surface area contributed by atoms with E-state index in [0.717, 1.165) is 22.2 Å². The van der Waals surface area contributed by atoms with E-state index >= 15 is 0 Å². The molecule has 0 unspecified atom stereocenters. The second kappa shape index (κ2) is 8.52. The number of tetrazole rings is 1. The summed E-state index contributed by atoms with van der Waals surface area (Å²) < 4.78 is 13.8. The summed E-state index contributed by atoms with van der Waals surface area (Å²) in [6.45, 7) is 7.42. The fourth-order valence-electron chi connectivity index (χ4n) is 2.02. The van der Waals surface area contributed by atoms with Crippen LogP contribution >= 0.6 is 15.9 Å². The van der Waals surface area contributed by atoms with E-state index in [0.29, 0.717) is 31.4 Å². The molecule has 1 aromatic carbocycles. The van der Waals surface area contributed by atoms with Crippen molar-refractivity contribution in [1.82, 2.24) is 20.2 Å². The SMILES string of the molecule is C=CCn1nnnc1NCc1cc(Br)cc(OC)c1OCCC. The minimum atomic E-state index is 0.506. The molecule has 0 aliphatic rings. The maximum absolute atomic E-state index is 5.85. The predicted molar refractivity (Wildman–Crippen MR) is 91.8 cm³/mol. The van der Waals surface area contributed by atoms with Gasteiger partial charge in [0.2, 0.25) is 5.95 Å². The second-order valence-electron chi connectivity index (χ2n) is 4.77. The molecule has 2 rings (SSSR count). The normalized spacial score (nSPS) is 10.4. The molecule has 0 atom stereocenters. The Kier molecular flexibility index (Phi) is 6.40. The highest BCUT2D eigenvalue weighted by molar-refractivity contribution is 9.10. The number of hydrogen-bond acceptors (Lipinski definition) is 6. The molecule has 0 fully saturated rings. The van der Waals surface area contributed by atoms with E-state index in [-0.39, 0.29) is 0 Å². The van der Waals surface area contributed by atoms with Crippen molar-refractivity contribution in [2.24, 2.45) is 0 Å². The molecule has 8 heteroatoms. The lowest BCUT2D eigenvalue weighted by molar-refractivity contribution is 0.291. The number of allylic oxidation sites excluding steroid dienone is 1. The maximum atomic E-state index is 5.85. The monoisotopic (exact) mass is 381 g/mol. The summed E-state index contributed by atoms with van der Waals surface area (Å²) in [5.41, 5.74) is 0.956. The van der Waals surface area contributed by atoms with Crippen molar-refractivity contribution >= 4 is 21.9 Å². The van der Waals surface area contributed by atoms with Gasteiger partial charge in [0.15, 0.2) is 11.5 Å². The minimum Gasteiger partial charge on any atom is -0.493 e. The molecule has 0 bridgehead atoms. The zero-order valence-corrected chi connectivity index (χ0v) is 14.8. The Morgan fingerprint density at radius 2 is 2.26 bits per heavy atom. The van der Waals surface area contributed by atoms with Crippen LogP contribution in [0.2, 0.25) is 0 Å². The molecule has 1 N–H and O–H groups in total. The van der Waals surface area contributed by atoms with E-state index < -0.39 is 0 Å². The standard InChI is InChI=1S/C15H20BrN5O2/c1-4-6-21-15(18-19-20-21)17-10-11-8-12(16)9-13(22-3)14(11)23-7-5-2/h4,8-9H,1,5-7,10H2,2-3H3,(H,17,18,20). The van der Waals surface area contributed by atoms with Crippen LogP contribution in [0.4, 0.5) is 5.95 Å². The van der Waals surface area contributed by atoms with Crippen LogP contribution in [0.3, 0.4) is 0 Å². The van der Waals surface area contributed by atoms with Gasteiger partial charge in [0.1, 0.15) is 0 Å². The van der Waals surface area contributed by atoms with Gasteiger partial charge in [-0.3, -0.25) is 0 Å². The fraction of sp³-hybridized carbons (Fsp3) is 0.400. The molecule has 1 heterocycles. The minimum absolute atomic E-state index is 0.506. The number of anilines is 1. The van der Waals surface area contributed by atoms with E-state index in [9.17, 15) is 0 Å². The molecular formula is C15H20BrN5O2. The lowest BCUT2D eigenvalue weighted by atomic mass is 10.2. The van der Waals surface area contributed by atoms with Gasteiger partial charge in [-0.2, -0.15) is 0 Å². The van der Waals surface area contributed by atoms with E-state index in [1.54, 1.807) is 17.9 Å². The lowest BCUT2D eigenvalue weighted by Crippen LogP contribution is -2.10. The van der Waals surface area contributed by atoms with Crippen LogP contribution < -0.4 is 14.8 Å². The first-order valence-electron chi connectivity index (χ1n) is 7.29. The average molecular weight is 382 g/mol. The third-order valence-corrected chi connectivity index (χ3v) is 3.50. The highest BCUT2D eigenvalue weighted by Gasteiger charge is 2.14. The third kappa shape index (κ3) is 4.44. The molecule has 7 nitrogen and oxygen atoms in total. The molecule has 0 spiro atoms. The van der Waals surface area contributed by atoms with Crippen molar-refractivity contribution in [3.8, 4) is 11.5 Å². The van der Waals surface area contributed by atoms with Gasteiger partial charge in [-0.15, -0.1) is 6.58 Å². The number of rotatable bonds is 9. The fourth-order valence-corrected chi connectivity index (χ4v) is 2.51. The van der Waals surface area contributed by atoms with Gasteiger partial charge in [-0.1, -0.05) is 34.0 Å². The largest absolute Gasteiger partial charge is 0.493 e. The maximum Gasteiger partial charge on any atom is 0.243 e. The van der Waals surface area contributed by atoms with Crippen molar-refractivity contribution in [2.75, 3.05) is 19.0 Å². The average Bonchev–Trinajstić information content (AvgIpc) is 2.99. The number of nitrogens with zero attached hydrogens (tertiary/aromatic N) is 4. The molecule has 0 saturated heterocycles. The van der Waals surface area contributed by atoms with Crippen LogP contribution in [0.15, 0.2) is 29.3 Å². The van der Waals surface area contributed by atoms with Gasteiger partial charge in [-0.25, -0.2) is 4.68 Å². The Labute approximate surface area is 143 Å². The molecule has 0 aliphatic heterocycles. The van der Waals surface area contributed by atoms with E-state index in [2.05, 4.69) is 50.3 Å². The zero-order chi connectivity index (χ0) is 16.7. The van der Waals surface area contributed by atoms with Crippen LogP contribution in [-0.4, -0.2) is 33.9 Å². The van der Waals surface area contributed by atoms with E-state index in [4.69, 9.17) is 9.47 Å². The Hall–Kier alpha value is -2.09. The van der Waals surface area contributed by atoms with Gasteiger partial charge in [-0.05, 0) is 29.0 Å². The highest BCUT2D eigenvalue weighted by atomic mass is 79.9. The van der Waals surface area contributed by atoms with Crippen molar-refractivity contribution in [2.45, 2.75) is 26.4 Å². The number of halogens is 1. The Bertz CT molecular complexity index is 659. The Morgan fingerprint density at radius 1 is 1.43 bits per heavy atom. The first-order chi connectivity index (χ1) is 11.2. The van der Waals surface area contributed by atoms with Crippen LogP contribution in [-0.2, 0) is 13.1 Å². The molecular weight excluding hydrogens is 362 g/mol. The number of methoxy groups -OCH3 is 1. The van der Waals surface area contributed by atoms with Crippen molar-refractivity contribution < 1.29 is 9.47 Å². The van der Waals surface area contributed by atoms with Crippen LogP contribution in [0.1, 0.15) is 18.9 Å². The zero-order valence-electron chi connectivity index (χ0n) is 13.3. The summed E-state index contributed by atoms with van der Waals surface area (Å²) in [6, 6.07) is 3.87. The number of hydrogen-bond donors (Lipinski definition) is 1. The molecule has 0 radical (unpaired) electrons. The predicted octanol–water partition coefficient (Wildman–Crippen LogP) is 3.03. The van der Waals surface area contributed by atoms with Crippen molar-refractivity contribution in [3.63, 3.8) is 0 Å². The summed E-state index contributed by atoms with van der Waals surface area (Å²) >= 11 is 3.49. The van der Waals surface area contributed by atoms with E-state index in [1.165, 1.54) is 0 Å². The van der Waals surface area contributed by atoms with Crippen LogP contribution in [0, 0.1) is 0 Å². The van der Waals surface area contributed by atoms with Crippen molar-refractivity contribution in [3.05, 3.63) is 34.8 Å². The number of benzene rings is 1. The Balaban J connectivity index is 2.21. The van der Waals surface area contributed by atoms with Crippen LogP contribution in [0.5, 0.6) is 11.5 Å². The Morgan fingerprint density at radius 3 is 2.96 bits per heavy atom. The number of aromatic nitrogens is 4. The molecule has 2 aromatic rings. The molecule has 0 amide bonds. The molecule has 0 saturated carbocycles. The van der Waals surface area contributed by atoms with Gasteiger partial charge < -0.3 is 14.8 Å². The van der Waals surface area contributed by atoms with Gasteiger partial charge in [0, 0.05) is 16.6 Å². The molecule has 23 heavy (non-hydrogen) atoms. The second-order valence-corrected chi connectivity index (χ2v) is 5.69. The topological polar surface area (TPSA) is 74.1 Å². The molecule has 0 aliphatic carbocycles. The quantitative estimate of drug-likeness (QED) is 0.672. The van der Waals surface area contributed by atoms with Crippen molar-refractivity contribution in [1.29, 1.82) is 0 Å². The molecule has 1 aromatic heterocycles. The van der Waals surface area contributed by atoms with Gasteiger partial charge in [0.25, 0.3) is 0 Å². The first-order valence-corrected chi connectivity index (χ1v) is 8.09. The lowest BCUT2D eigenvalue weighted by Gasteiger charge is -2.16. The summed E-state index contributed by atoms with van der Waals surface area (Å²) in [7, 11) is 1.63. The number of ether oxygens (including phenoxy) is 2. The summed E-state index contributed by atoms with van der Waals surface area (Å²) in [5.74, 6) is 1.99.